The number of pyridine rings is 1. The van der Waals surface area contributed by atoms with Crippen molar-refractivity contribution in [3.8, 4) is 17.5 Å². The largest absolute Gasteiger partial charge is 0.416 e. The van der Waals surface area contributed by atoms with Gasteiger partial charge in [0.05, 0.1) is 33.6 Å². The number of aryl methyl sites for hydroxylation is 1. The highest BCUT2D eigenvalue weighted by molar-refractivity contribution is 5.88. The molecule has 210 valence electrons. The van der Waals surface area contributed by atoms with Gasteiger partial charge in [0.2, 0.25) is 5.91 Å². The minimum atomic E-state index is -4.52. The number of carbonyl (C=O) groups is 1. The van der Waals surface area contributed by atoms with Gasteiger partial charge in [0.1, 0.15) is 6.07 Å². The maximum absolute atomic E-state index is 13.8. The van der Waals surface area contributed by atoms with E-state index >= 15 is 0 Å². The predicted molar refractivity (Wildman–Crippen MR) is 147 cm³/mol. The van der Waals surface area contributed by atoms with Gasteiger partial charge < -0.3 is 19.7 Å². The molecule has 3 aromatic rings. The Morgan fingerprint density at radius 1 is 1.20 bits per heavy atom. The number of carbonyl (C=O) groups excluding carboxylic acids is 1. The number of nitrogens with one attached hydrogen (secondary N) is 1. The van der Waals surface area contributed by atoms with E-state index in [4.69, 9.17) is 0 Å². The van der Waals surface area contributed by atoms with Gasteiger partial charge in [-0.3, -0.25) is 9.78 Å². The van der Waals surface area contributed by atoms with E-state index in [0.29, 0.717) is 44.2 Å². The standard InChI is InChI=1S/C30H33F3N6O/c1-37(24-7-8-24)17-13-35-28(40)29(23-5-9-25(36-20-23)27-4-3-14-38(27)2)11-15-39(16-12-29)26-10-6-22(30(31,32)33)18-21(26)19-34/h3-6,9-10,14,18,20,24H,7-8,11-13,15-17H2,1-2H3,(H,35,40). The zero-order valence-electron chi connectivity index (χ0n) is 22.7. The first kappa shape index (κ1) is 27.7. The predicted octanol–water partition coefficient (Wildman–Crippen LogP) is 4.73. The highest BCUT2D eigenvalue weighted by Crippen LogP contribution is 2.39. The number of hydrogen-bond acceptors (Lipinski definition) is 5. The van der Waals surface area contributed by atoms with Crippen molar-refractivity contribution in [1.82, 2.24) is 19.8 Å². The Hall–Kier alpha value is -3.84. The molecule has 1 aliphatic carbocycles. The number of nitrogens with zero attached hydrogens (tertiary/aromatic N) is 5. The van der Waals surface area contributed by atoms with Crippen LogP contribution in [-0.2, 0) is 23.4 Å². The molecule has 2 aliphatic rings. The smallest absolute Gasteiger partial charge is 0.370 e. The molecule has 1 amide bonds. The van der Waals surface area contributed by atoms with Gasteiger partial charge in [0.25, 0.3) is 0 Å². The number of aromatic nitrogens is 2. The highest BCUT2D eigenvalue weighted by Gasteiger charge is 2.44. The average Bonchev–Trinajstić information content (AvgIpc) is 3.72. The van der Waals surface area contributed by atoms with Gasteiger partial charge >= 0.3 is 6.18 Å². The lowest BCUT2D eigenvalue weighted by Crippen LogP contribution is -2.53. The molecule has 10 heteroatoms. The maximum Gasteiger partial charge on any atom is 0.416 e. The van der Waals surface area contributed by atoms with E-state index in [1.807, 2.05) is 53.0 Å². The molecule has 2 fully saturated rings. The fourth-order valence-corrected chi connectivity index (χ4v) is 5.62. The van der Waals surface area contributed by atoms with Crippen molar-refractivity contribution in [2.75, 3.05) is 38.1 Å². The minimum absolute atomic E-state index is 0.0246. The van der Waals surface area contributed by atoms with Crippen molar-refractivity contribution < 1.29 is 18.0 Å². The Morgan fingerprint density at radius 2 is 1.95 bits per heavy atom. The van der Waals surface area contributed by atoms with Crippen molar-refractivity contribution in [2.24, 2.45) is 7.05 Å². The van der Waals surface area contributed by atoms with E-state index in [2.05, 4.69) is 22.2 Å². The molecule has 3 heterocycles. The number of nitriles is 1. The third-order valence-electron chi connectivity index (χ3n) is 8.28. The van der Waals surface area contributed by atoms with Crippen molar-refractivity contribution in [3.05, 3.63) is 71.5 Å². The number of amides is 1. The van der Waals surface area contributed by atoms with Crippen LogP contribution in [-0.4, -0.2) is 59.6 Å². The normalized spacial score (nSPS) is 17.1. The van der Waals surface area contributed by atoms with E-state index in [9.17, 15) is 23.2 Å². The molecule has 5 rings (SSSR count). The summed E-state index contributed by atoms with van der Waals surface area (Å²) in [7, 11) is 4.02. The first-order valence-electron chi connectivity index (χ1n) is 13.6. The van der Waals surface area contributed by atoms with Gasteiger partial charge in [-0.05, 0) is 74.7 Å². The van der Waals surface area contributed by atoms with E-state index in [1.165, 1.54) is 18.9 Å². The number of likely N-dealkylation sites (N-methyl/N-ethyl adjacent to an activating group) is 1. The van der Waals surface area contributed by atoms with Crippen LogP contribution in [0.4, 0.5) is 18.9 Å². The summed E-state index contributed by atoms with van der Waals surface area (Å²) in [6.45, 7) is 2.12. The number of hydrogen-bond donors (Lipinski definition) is 1. The van der Waals surface area contributed by atoms with E-state index in [-0.39, 0.29) is 11.5 Å². The van der Waals surface area contributed by atoms with Gasteiger partial charge in [0.15, 0.2) is 0 Å². The molecular weight excluding hydrogens is 517 g/mol. The highest BCUT2D eigenvalue weighted by atomic mass is 19.4. The van der Waals surface area contributed by atoms with Gasteiger partial charge in [-0.1, -0.05) is 6.07 Å². The fraction of sp³-hybridized carbons (Fsp3) is 0.433. The van der Waals surface area contributed by atoms with Gasteiger partial charge in [-0.25, -0.2) is 0 Å². The molecule has 0 unspecified atom stereocenters. The number of halogens is 3. The molecule has 2 aromatic heterocycles. The van der Waals surface area contributed by atoms with Crippen molar-refractivity contribution in [2.45, 2.75) is 43.3 Å². The Morgan fingerprint density at radius 3 is 2.52 bits per heavy atom. The lowest BCUT2D eigenvalue weighted by Gasteiger charge is -2.42. The number of piperidine rings is 1. The summed E-state index contributed by atoms with van der Waals surface area (Å²) in [4.78, 5) is 22.7. The van der Waals surface area contributed by atoms with E-state index in [0.717, 1.165) is 35.6 Å². The van der Waals surface area contributed by atoms with Crippen LogP contribution in [0, 0.1) is 11.3 Å². The van der Waals surface area contributed by atoms with Crippen LogP contribution in [0.15, 0.2) is 54.9 Å². The topological polar surface area (TPSA) is 77.2 Å². The van der Waals surface area contributed by atoms with Crippen LogP contribution in [0.25, 0.3) is 11.4 Å². The second-order valence-corrected chi connectivity index (χ2v) is 10.8. The summed E-state index contributed by atoms with van der Waals surface area (Å²) in [5, 5.41) is 12.7. The first-order chi connectivity index (χ1) is 19.1. The van der Waals surface area contributed by atoms with Crippen molar-refractivity contribution in [1.29, 1.82) is 5.26 Å². The maximum atomic E-state index is 13.8. The lowest BCUT2D eigenvalue weighted by atomic mass is 9.72. The molecule has 40 heavy (non-hydrogen) atoms. The number of alkyl halides is 3. The number of benzene rings is 1. The van der Waals surface area contributed by atoms with E-state index in [1.54, 1.807) is 6.20 Å². The summed E-state index contributed by atoms with van der Waals surface area (Å²) in [6, 6.07) is 13.6. The van der Waals surface area contributed by atoms with Gasteiger partial charge in [-0.15, -0.1) is 0 Å². The molecule has 0 spiro atoms. The third-order valence-corrected chi connectivity index (χ3v) is 8.28. The SMILES string of the molecule is CN(CCNC(=O)C1(c2ccc(-c3cccn3C)nc2)CCN(c2ccc(C(F)(F)F)cc2C#N)CC1)C1CC1. The second-order valence-electron chi connectivity index (χ2n) is 10.8. The average molecular weight is 551 g/mol. The zero-order chi connectivity index (χ0) is 28.5. The second kappa shape index (κ2) is 11.0. The summed E-state index contributed by atoms with van der Waals surface area (Å²) < 4.78 is 41.6. The molecule has 0 radical (unpaired) electrons. The third kappa shape index (κ3) is 5.56. The molecule has 1 saturated heterocycles. The molecule has 1 aromatic carbocycles. The minimum Gasteiger partial charge on any atom is -0.370 e. The molecule has 7 nitrogen and oxygen atoms in total. The summed E-state index contributed by atoms with van der Waals surface area (Å²) in [5.74, 6) is -0.0716. The molecular formula is C30H33F3N6O. The van der Waals surface area contributed by atoms with Crippen LogP contribution < -0.4 is 10.2 Å². The first-order valence-corrected chi connectivity index (χ1v) is 13.6. The van der Waals surface area contributed by atoms with Gasteiger partial charge in [0, 0.05) is 51.7 Å². The van der Waals surface area contributed by atoms with Crippen LogP contribution in [0.1, 0.15) is 42.4 Å². The number of anilines is 1. The quantitative estimate of drug-likeness (QED) is 0.439. The zero-order valence-corrected chi connectivity index (χ0v) is 22.7. The summed E-state index contributed by atoms with van der Waals surface area (Å²) in [6.07, 6.45) is 2.46. The van der Waals surface area contributed by atoms with Crippen LogP contribution in [0.2, 0.25) is 0 Å². The molecule has 0 bridgehead atoms. The van der Waals surface area contributed by atoms with Crippen molar-refractivity contribution >= 4 is 11.6 Å². The lowest BCUT2D eigenvalue weighted by molar-refractivity contribution is -0.137. The molecule has 1 N–H and O–H groups in total. The Balaban J connectivity index is 1.38. The molecule has 1 aliphatic heterocycles. The number of rotatable bonds is 8. The van der Waals surface area contributed by atoms with Crippen LogP contribution in [0.5, 0.6) is 0 Å². The van der Waals surface area contributed by atoms with Crippen molar-refractivity contribution in [3.63, 3.8) is 0 Å². The Bertz CT molecular complexity index is 1400. The van der Waals surface area contributed by atoms with Crippen LogP contribution in [0.3, 0.4) is 0 Å². The van der Waals surface area contributed by atoms with Gasteiger partial charge in [-0.2, -0.15) is 18.4 Å². The Labute approximate surface area is 232 Å². The molecule has 0 atom stereocenters. The molecule has 1 saturated carbocycles. The summed E-state index contributed by atoms with van der Waals surface area (Å²) in [5.41, 5.74) is 1.32. The van der Waals surface area contributed by atoms with Crippen LogP contribution >= 0.6 is 0 Å². The Kier molecular flexibility index (Phi) is 7.60. The monoisotopic (exact) mass is 550 g/mol. The fourth-order valence-electron chi connectivity index (χ4n) is 5.62. The van der Waals surface area contributed by atoms with E-state index < -0.39 is 17.2 Å². The summed E-state index contributed by atoms with van der Waals surface area (Å²) >= 11 is 0.